The monoisotopic (exact) mass is 393 g/mol. The minimum absolute atomic E-state index is 0.268. The molecule has 0 aliphatic heterocycles. The van der Waals surface area contributed by atoms with Crippen molar-refractivity contribution >= 4 is 54.5 Å². The van der Waals surface area contributed by atoms with Gasteiger partial charge in [0.1, 0.15) is 0 Å². The molecule has 0 saturated carbocycles. The predicted molar refractivity (Wildman–Crippen MR) is 85.9 cm³/mol. The third-order valence-electron chi connectivity index (χ3n) is 2.74. The standard InChI is InChI=1S/C14H9Br2N3O/c15-8-2-1-3-10(6-8)17-14(20)13-18-11-5-4-9(16)7-12(11)19-13/h1-7H,(H,17,20)(H,18,19). The number of nitrogens with zero attached hydrogens (tertiary/aromatic N) is 1. The molecule has 100 valence electrons. The summed E-state index contributed by atoms with van der Waals surface area (Å²) < 4.78 is 1.83. The van der Waals surface area contributed by atoms with Gasteiger partial charge in [0.15, 0.2) is 5.82 Å². The Labute approximate surface area is 131 Å². The van der Waals surface area contributed by atoms with Gasteiger partial charge in [-0.15, -0.1) is 0 Å². The third-order valence-corrected chi connectivity index (χ3v) is 3.73. The molecule has 6 heteroatoms. The van der Waals surface area contributed by atoms with E-state index in [0.717, 1.165) is 20.0 Å². The van der Waals surface area contributed by atoms with Crippen molar-refractivity contribution in [2.24, 2.45) is 0 Å². The molecule has 3 aromatic rings. The molecule has 1 aromatic heterocycles. The van der Waals surface area contributed by atoms with Crippen molar-refractivity contribution in [2.75, 3.05) is 5.32 Å². The number of halogens is 2. The average Bonchev–Trinajstić information content (AvgIpc) is 2.81. The van der Waals surface area contributed by atoms with Gasteiger partial charge < -0.3 is 10.3 Å². The van der Waals surface area contributed by atoms with Gasteiger partial charge in [0.25, 0.3) is 5.91 Å². The summed E-state index contributed by atoms with van der Waals surface area (Å²) in [5.41, 5.74) is 2.29. The van der Waals surface area contributed by atoms with E-state index in [0.29, 0.717) is 5.69 Å². The number of anilines is 1. The lowest BCUT2D eigenvalue weighted by molar-refractivity contribution is 0.101. The highest BCUT2D eigenvalue weighted by Crippen LogP contribution is 2.19. The quantitative estimate of drug-likeness (QED) is 0.679. The number of hydrogen-bond donors (Lipinski definition) is 2. The number of amides is 1. The van der Waals surface area contributed by atoms with E-state index < -0.39 is 0 Å². The maximum Gasteiger partial charge on any atom is 0.291 e. The van der Waals surface area contributed by atoms with Gasteiger partial charge in [0, 0.05) is 14.6 Å². The normalized spacial score (nSPS) is 10.7. The van der Waals surface area contributed by atoms with Gasteiger partial charge in [-0.2, -0.15) is 0 Å². The first kappa shape index (κ1) is 13.3. The van der Waals surface area contributed by atoms with Crippen molar-refractivity contribution < 1.29 is 4.79 Å². The fourth-order valence-electron chi connectivity index (χ4n) is 1.84. The Hall–Kier alpha value is -1.66. The molecule has 1 heterocycles. The van der Waals surface area contributed by atoms with Gasteiger partial charge in [-0.1, -0.05) is 37.9 Å². The highest BCUT2D eigenvalue weighted by molar-refractivity contribution is 9.10. The van der Waals surface area contributed by atoms with Gasteiger partial charge in [0.2, 0.25) is 0 Å². The summed E-state index contributed by atoms with van der Waals surface area (Å²) in [6, 6.07) is 13.0. The topological polar surface area (TPSA) is 57.8 Å². The van der Waals surface area contributed by atoms with Crippen LogP contribution in [0.25, 0.3) is 11.0 Å². The van der Waals surface area contributed by atoms with Crippen LogP contribution in [0.2, 0.25) is 0 Å². The molecule has 20 heavy (non-hydrogen) atoms. The van der Waals surface area contributed by atoms with Crippen molar-refractivity contribution in [2.45, 2.75) is 0 Å². The largest absolute Gasteiger partial charge is 0.334 e. The SMILES string of the molecule is O=C(Nc1cccc(Br)c1)c1nc2cc(Br)ccc2[nH]1. The van der Waals surface area contributed by atoms with Crippen LogP contribution in [0.15, 0.2) is 51.4 Å². The van der Waals surface area contributed by atoms with Crippen LogP contribution in [0, 0.1) is 0 Å². The van der Waals surface area contributed by atoms with Gasteiger partial charge in [-0.3, -0.25) is 4.79 Å². The van der Waals surface area contributed by atoms with Crippen LogP contribution in [0.4, 0.5) is 5.69 Å². The molecule has 0 aliphatic carbocycles. The van der Waals surface area contributed by atoms with Crippen LogP contribution in [0.3, 0.4) is 0 Å². The molecule has 0 unspecified atom stereocenters. The maximum atomic E-state index is 12.1. The number of benzene rings is 2. The summed E-state index contributed by atoms with van der Waals surface area (Å²) in [5.74, 6) is 0.0218. The van der Waals surface area contributed by atoms with E-state index >= 15 is 0 Å². The molecule has 0 atom stereocenters. The second-order valence-electron chi connectivity index (χ2n) is 4.21. The molecule has 2 aromatic carbocycles. The van der Waals surface area contributed by atoms with E-state index in [1.165, 1.54) is 0 Å². The zero-order valence-electron chi connectivity index (χ0n) is 10.2. The molecule has 4 nitrogen and oxygen atoms in total. The summed E-state index contributed by atoms with van der Waals surface area (Å²) in [5, 5.41) is 2.80. The number of hydrogen-bond acceptors (Lipinski definition) is 2. The number of aromatic amines is 1. The molecule has 1 amide bonds. The number of fused-ring (bicyclic) bond motifs is 1. The summed E-state index contributed by atoms with van der Waals surface area (Å²) in [6.07, 6.45) is 0. The Morgan fingerprint density at radius 2 is 1.90 bits per heavy atom. The minimum atomic E-state index is -0.268. The van der Waals surface area contributed by atoms with Crippen LogP contribution in [0.1, 0.15) is 10.6 Å². The van der Waals surface area contributed by atoms with E-state index in [1.807, 2.05) is 42.5 Å². The van der Waals surface area contributed by atoms with Crippen molar-refractivity contribution in [3.63, 3.8) is 0 Å². The summed E-state index contributed by atoms with van der Waals surface area (Å²) in [6.45, 7) is 0. The fourth-order valence-corrected chi connectivity index (χ4v) is 2.59. The Balaban J connectivity index is 1.88. The number of imidazole rings is 1. The predicted octanol–water partition coefficient (Wildman–Crippen LogP) is 4.34. The Morgan fingerprint density at radius 3 is 2.70 bits per heavy atom. The number of carbonyl (C=O) groups is 1. The smallest absolute Gasteiger partial charge is 0.291 e. The first-order valence-electron chi connectivity index (χ1n) is 5.84. The third kappa shape index (κ3) is 2.76. The highest BCUT2D eigenvalue weighted by Gasteiger charge is 2.12. The van der Waals surface area contributed by atoms with Crippen molar-refractivity contribution in [1.82, 2.24) is 9.97 Å². The molecule has 0 saturated heterocycles. The number of H-pyrrole nitrogens is 1. The Kier molecular flexibility index (Phi) is 3.58. The van der Waals surface area contributed by atoms with Crippen LogP contribution < -0.4 is 5.32 Å². The van der Waals surface area contributed by atoms with Gasteiger partial charge in [-0.05, 0) is 36.4 Å². The Morgan fingerprint density at radius 1 is 1.10 bits per heavy atom. The molecule has 0 fully saturated rings. The number of aromatic nitrogens is 2. The van der Waals surface area contributed by atoms with Crippen molar-refractivity contribution in [1.29, 1.82) is 0 Å². The van der Waals surface area contributed by atoms with Gasteiger partial charge >= 0.3 is 0 Å². The molecule has 0 spiro atoms. The number of nitrogens with one attached hydrogen (secondary N) is 2. The van der Waals surface area contributed by atoms with E-state index in [2.05, 4.69) is 47.1 Å². The van der Waals surface area contributed by atoms with E-state index in [4.69, 9.17) is 0 Å². The Bertz CT molecular complexity index is 798. The van der Waals surface area contributed by atoms with E-state index in [1.54, 1.807) is 0 Å². The van der Waals surface area contributed by atoms with Crippen molar-refractivity contribution in [3.05, 3.63) is 57.2 Å². The van der Waals surface area contributed by atoms with E-state index in [9.17, 15) is 4.79 Å². The molecule has 0 bridgehead atoms. The summed E-state index contributed by atoms with van der Waals surface area (Å²) in [7, 11) is 0. The number of carbonyl (C=O) groups excluding carboxylic acids is 1. The van der Waals surface area contributed by atoms with Crippen LogP contribution in [0.5, 0.6) is 0 Å². The minimum Gasteiger partial charge on any atom is -0.334 e. The zero-order chi connectivity index (χ0) is 14.1. The molecular weight excluding hydrogens is 386 g/mol. The zero-order valence-corrected chi connectivity index (χ0v) is 13.3. The van der Waals surface area contributed by atoms with Crippen molar-refractivity contribution in [3.8, 4) is 0 Å². The first-order chi connectivity index (χ1) is 9.61. The molecule has 2 N–H and O–H groups in total. The number of rotatable bonds is 2. The van der Waals surface area contributed by atoms with Crippen LogP contribution >= 0.6 is 31.9 Å². The second kappa shape index (κ2) is 5.38. The second-order valence-corrected chi connectivity index (χ2v) is 6.04. The van der Waals surface area contributed by atoms with Gasteiger partial charge in [0.05, 0.1) is 11.0 Å². The lowest BCUT2D eigenvalue weighted by atomic mass is 10.3. The van der Waals surface area contributed by atoms with Crippen LogP contribution in [-0.2, 0) is 0 Å². The average molecular weight is 395 g/mol. The fraction of sp³-hybridized carbons (Fsp3) is 0. The lowest BCUT2D eigenvalue weighted by Gasteiger charge is -2.02. The summed E-state index contributed by atoms with van der Waals surface area (Å²) in [4.78, 5) is 19.4. The molecular formula is C14H9Br2N3O. The molecule has 3 rings (SSSR count). The first-order valence-corrected chi connectivity index (χ1v) is 7.42. The maximum absolute atomic E-state index is 12.1. The highest BCUT2D eigenvalue weighted by atomic mass is 79.9. The van der Waals surface area contributed by atoms with E-state index in [-0.39, 0.29) is 11.7 Å². The molecule has 0 aliphatic rings. The van der Waals surface area contributed by atoms with Crippen LogP contribution in [-0.4, -0.2) is 15.9 Å². The molecule has 0 radical (unpaired) electrons. The summed E-state index contributed by atoms with van der Waals surface area (Å²) >= 11 is 6.75. The van der Waals surface area contributed by atoms with Gasteiger partial charge in [-0.25, -0.2) is 4.98 Å². The lowest BCUT2D eigenvalue weighted by Crippen LogP contribution is -2.13.